The fourth-order valence-electron chi connectivity index (χ4n) is 2.58. The Morgan fingerprint density at radius 3 is 1.73 bits per heavy atom. The highest BCUT2D eigenvalue weighted by molar-refractivity contribution is 5.50. The lowest BCUT2D eigenvalue weighted by Gasteiger charge is -2.01. The van der Waals surface area contributed by atoms with Crippen molar-refractivity contribution in [3.05, 3.63) is 12.2 Å². The van der Waals surface area contributed by atoms with Gasteiger partial charge in [0.15, 0.2) is 0 Å². The van der Waals surface area contributed by atoms with E-state index >= 15 is 0 Å². The quantitative estimate of drug-likeness (QED) is 0.170. The van der Waals surface area contributed by atoms with E-state index in [0.29, 0.717) is 0 Å². The number of carbonyl (C=O) groups is 1. The second-order valence-electron chi connectivity index (χ2n) is 6.18. The Morgan fingerprint density at radius 2 is 1.18 bits per heavy atom. The van der Waals surface area contributed by atoms with E-state index in [4.69, 9.17) is 4.74 Å². The fourth-order valence-corrected chi connectivity index (χ4v) is 2.58. The van der Waals surface area contributed by atoms with Crippen molar-refractivity contribution in [2.75, 3.05) is 13.2 Å². The molecule has 0 fully saturated rings. The van der Waals surface area contributed by atoms with Gasteiger partial charge in [-0.2, -0.15) is 0 Å². The van der Waals surface area contributed by atoms with Crippen LogP contribution in [0.4, 0.5) is 0 Å². The molecule has 0 aromatic carbocycles. The first kappa shape index (κ1) is 21.4. The average Bonchev–Trinajstić information content (AvgIpc) is 2.54. The maximum absolute atomic E-state index is 10.0. The first-order chi connectivity index (χ1) is 10.9. The summed E-state index contributed by atoms with van der Waals surface area (Å²) in [6, 6.07) is 0. The van der Waals surface area contributed by atoms with Crippen molar-refractivity contribution in [1.29, 1.82) is 0 Å². The molecule has 0 aromatic heterocycles. The minimum atomic E-state index is 0.255. The van der Waals surface area contributed by atoms with Crippen molar-refractivity contribution < 1.29 is 9.53 Å². The van der Waals surface area contributed by atoms with Crippen molar-refractivity contribution in [2.24, 2.45) is 0 Å². The van der Waals surface area contributed by atoms with Crippen LogP contribution in [0.25, 0.3) is 0 Å². The summed E-state index contributed by atoms with van der Waals surface area (Å²) >= 11 is 0. The van der Waals surface area contributed by atoms with Gasteiger partial charge in [-0.1, -0.05) is 76.9 Å². The number of ether oxygens (including phenoxy) is 1. The van der Waals surface area contributed by atoms with Crippen LogP contribution in [0, 0.1) is 0 Å². The van der Waals surface area contributed by atoms with Crippen molar-refractivity contribution in [2.45, 2.75) is 96.8 Å². The maximum Gasteiger partial charge on any atom is 0.145 e. The SMILES string of the molecule is CCCCCCCC/C=C\CCCCCCCCOCC=O. The molecule has 0 heterocycles. The third-order valence-electron chi connectivity index (χ3n) is 3.99. The van der Waals surface area contributed by atoms with Gasteiger partial charge in [0.2, 0.25) is 0 Å². The molecule has 0 aliphatic heterocycles. The molecule has 0 saturated carbocycles. The molecule has 0 atom stereocenters. The molecule has 0 radical (unpaired) electrons. The standard InChI is InChI=1S/C20H38O2/c1-2-3-4-5-6-7-8-9-10-11-12-13-14-15-16-17-19-22-20-18-21/h9-10,18H,2-8,11-17,19-20H2,1H3/b10-9-. The third-order valence-corrected chi connectivity index (χ3v) is 3.99. The summed E-state index contributed by atoms with van der Waals surface area (Å²) in [5, 5.41) is 0. The Hall–Kier alpha value is -0.630. The summed E-state index contributed by atoms with van der Waals surface area (Å²) in [6.45, 7) is 3.26. The van der Waals surface area contributed by atoms with Crippen LogP contribution in [-0.4, -0.2) is 19.5 Å². The summed E-state index contributed by atoms with van der Waals surface area (Å²) in [6.07, 6.45) is 24.1. The molecule has 0 saturated heterocycles. The Labute approximate surface area is 138 Å². The first-order valence-electron chi connectivity index (χ1n) is 9.58. The number of allylic oxidation sites excluding steroid dienone is 2. The lowest BCUT2D eigenvalue weighted by atomic mass is 10.1. The molecule has 2 heteroatoms. The van der Waals surface area contributed by atoms with E-state index in [2.05, 4.69) is 19.1 Å². The zero-order valence-electron chi connectivity index (χ0n) is 14.9. The zero-order valence-corrected chi connectivity index (χ0v) is 14.9. The molecule has 0 spiro atoms. The summed E-state index contributed by atoms with van der Waals surface area (Å²) in [4.78, 5) is 10.0. The van der Waals surface area contributed by atoms with Gasteiger partial charge < -0.3 is 9.53 Å². The topological polar surface area (TPSA) is 26.3 Å². The lowest BCUT2D eigenvalue weighted by molar-refractivity contribution is -0.111. The third kappa shape index (κ3) is 19.4. The number of aldehydes is 1. The number of carbonyl (C=O) groups excluding carboxylic acids is 1. The molecule has 0 amide bonds. The van der Waals surface area contributed by atoms with Crippen molar-refractivity contribution in [1.82, 2.24) is 0 Å². The van der Waals surface area contributed by atoms with E-state index in [1.54, 1.807) is 0 Å². The monoisotopic (exact) mass is 310 g/mol. The van der Waals surface area contributed by atoms with Crippen LogP contribution in [0.3, 0.4) is 0 Å². The highest BCUT2D eigenvalue weighted by Crippen LogP contribution is 2.09. The van der Waals surface area contributed by atoms with E-state index in [0.717, 1.165) is 19.3 Å². The van der Waals surface area contributed by atoms with Gasteiger partial charge in [0.1, 0.15) is 12.9 Å². The molecular weight excluding hydrogens is 272 g/mol. The van der Waals surface area contributed by atoms with Gasteiger partial charge in [0, 0.05) is 6.61 Å². The van der Waals surface area contributed by atoms with Crippen LogP contribution in [0.15, 0.2) is 12.2 Å². The summed E-state index contributed by atoms with van der Waals surface area (Å²) in [5.41, 5.74) is 0. The first-order valence-corrected chi connectivity index (χ1v) is 9.58. The van der Waals surface area contributed by atoms with Crippen molar-refractivity contribution in [3.63, 3.8) is 0 Å². The molecule has 0 rings (SSSR count). The van der Waals surface area contributed by atoms with Gasteiger partial charge in [-0.15, -0.1) is 0 Å². The van der Waals surface area contributed by atoms with Gasteiger partial charge in [-0.05, 0) is 32.1 Å². The smallest absolute Gasteiger partial charge is 0.145 e. The summed E-state index contributed by atoms with van der Waals surface area (Å²) in [5.74, 6) is 0. The minimum Gasteiger partial charge on any atom is -0.374 e. The van der Waals surface area contributed by atoms with Gasteiger partial charge in [-0.3, -0.25) is 0 Å². The van der Waals surface area contributed by atoms with Gasteiger partial charge >= 0.3 is 0 Å². The number of hydrogen-bond donors (Lipinski definition) is 0. The molecule has 0 aromatic rings. The van der Waals surface area contributed by atoms with E-state index in [1.165, 1.54) is 83.5 Å². The predicted octanol–water partition coefficient (Wildman–Crippen LogP) is 6.24. The second kappa shape index (κ2) is 20.4. The summed E-state index contributed by atoms with van der Waals surface area (Å²) < 4.78 is 5.12. The molecule has 0 aliphatic carbocycles. The van der Waals surface area contributed by atoms with E-state index in [9.17, 15) is 4.79 Å². The predicted molar refractivity (Wildman–Crippen MR) is 96.3 cm³/mol. The van der Waals surface area contributed by atoms with Crippen LogP contribution in [-0.2, 0) is 9.53 Å². The Morgan fingerprint density at radius 1 is 0.682 bits per heavy atom. The Balaban J connectivity index is 3.03. The van der Waals surface area contributed by atoms with E-state index < -0.39 is 0 Å². The normalized spacial score (nSPS) is 11.3. The number of hydrogen-bond acceptors (Lipinski definition) is 2. The van der Waals surface area contributed by atoms with Crippen molar-refractivity contribution in [3.8, 4) is 0 Å². The van der Waals surface area contributed by atoms with Crippen LogP contribution < -0.4 is 0 Å². The van der Waals surface area contributed by atoms with E-state index in [1.807, 2.05) is 0 Å². The van der Waals surface area contributed by atoms with Crippen LogP contribution in [0.2, 0.25) is 0 Å². The molecular formula is C20H38O2. The largest absolute Gasteiger partial charge is 0.374 e. The van der Waals surface area contributed by atoms with Gasteiger partial charge in [0.05, 0.1) is 0 Å². The van der Waals surface area contributed by atoms with Gasteiger partial charge in [-0.25, -0.2) is 0 Å². The maximum atomic E-state index is 10.0. The molecule has 0 aliphatic rings. The highest BCUT2D eigenvalue weighted by Gasteiger charge is 1.92. The average molecular weight is 311 g/mol. The Bertz CT molecular complexity index is 236. The zero-order chi connectivity index (χ0) is 16.1. The second-order valence-corrected chi connectivity index (χ2v) is 6.18. The molecule has 130 valence electrons. The van der Waals surface area contributed by atoms with Crippen LogP contribution >= 0.6 is 0 Å². The minimum absolute atomic E-state index is 0.255. The van der Waals surface area contributed by atoms with Crippen LogP contribution in [0.1, 0.15) is 96.8 Å². The van der Waals surface area contributed by atoms with Gasteiger partial charge in [0.25, 0.3) is 0 Å². The number of rotatable bonds is 18. The van der Waals surface area contributed by atoms with Crippen LogP contribution in [0.5, 0.6) is 0 Å². The molecule has 0 unspecified atom stereocenters. The summed E-state index contributed by atoms with van der Waals surface area (Å²) in [7, 11) is 0. The fraction of sp³-hybridized carbons (Fsp3) is 0.850. The Kier molecular flexibility index (Phi) is 19.8. The highest BCUT2D eigenvalue weighted by atomic mass is 16.5. The molecule has 0 bridgehead atoms. The van der Waals surface area contributed by atoms with E-state index in [-0.39, 0.29) is 6.61 Å². The molecule has 0 N–H and O–H groups in total. The van der Waals surface area contributed by atoms with Crippen molar-refractivity contribution >= 4 is 6.29 Å². The lowest BCUT2D eigenvalue weighted by Crippen LogP contribution is -1.97. The number of unbranched alkanes of at least 4 members (excludes halogenated alkanes) is 12. The molecule has 22 heavy (non-hydrogen) atoms. The molecule has 2 nitrogen and oxygen atoms in total.